The Kier molecular flexibility index (Phi) is 38.3. The number of allylic oxidation sites excluding steroid dienone is 9. The van der Waals surface area contributed by atoms with Crippen LogP contribution in [0, 0.1) is 0 Å². The van der Waals surface area contributed by atoms with Crippen molar-refractivity contribution >= 4 is 19.8 Å². The van der Waals surface area contributed by atoms with Gasteiger partial charge in [-0.05, 0) is 70.6 Å². The number of rotatable bonds is 39. The van der Waals surface area contributed by atoms with Gasteiger partial charge in [-0.3, -0.25) is 14.1 Å². The molecule has 0 aromatic rings. The lowest BCUT2D eigenvalue weighted by molar-refractivity contribution is -0.161. The molecule has 0 rings (SSSR count). The summed E-state index contributed by atoms with van der Waals surface area (Å²) in [6.07, 6.45) is 46.8. The van der Waals surface area contributed by atoms with Crippen molar-refractivity contribution in [3.8, 4) is 0 Å². The van der Waals surface area contributed by atoms with Crippen molar-refractivity contribution in [2.75, 3.05) is 13.2 Å². The fourth-order valence-electron chi connectivity index (χ4n) is 5.82. The molecule has 55 heavy (non-hydrogen) atoms. The molecule has 318 valence electrons. The summed E-state index contributed by atoms with van der Waals surface area (Å²) in [4.78, 5) is 42.9. The Bertz CT molecular complexity index is 1090. The van der Waals surface area contributed by atoms with E-state index in [1.807, 2.05) is 12.2 Å². The molecule has 2 atom stereocenters. The van der Waals surface area contributed by atoms with Crippen molar-refractivity contribution in [2.24, 2.45) is 0 Å². The average Bonchev–Trinajstić information content (AvgIpc) is 3.15. The molecule has 0 spiro atoms. The lowest BCUT2D eigenvalue weighted by atomic mass is 10.1. The number of phosphoric ester groups is 1. The first-order chi connectivity index (χ1) is 26.7. The summed E-state index contributed by atoms with van der Waals surface area (Å²) in [5, 5.41) is 10.2. The van der Waals surface area contributed by atoms with Crippen molar-refractivity contribution < 1.29 is 43.0 Å². The molecule has 0 bridgehead atoms. The minimum Gasteiger partial charge on any atom is -0.462 e. The molecule has 0 fully saturated rings. The van der Waals surface area contributed by atoms with E-state index in [-0.39, 0.29) is 19.4 Å². The molecule has 3 N–H and O–H groups in total. The molecule has 10 heteroatoms. The van der Waals surface area contributed by atoms with Gasteiger partial charge < -0.3 is 24.4 Å². The molecule has 0 aromatic carbocycles. The largest absolute Gasteiger partial charge is 0.469 e. The van der Waals surface area contributed by atoms with E-state index in [1.54, 1.807) is 12.2 Å². The summed E-state index contributed by atoms with van der Waals surface area (Å²) in [5.41, 5.74) is 0. The van der Waals surface area contributed by atoms with Gasteiger partial charge in [0.25, 0.3) is 0 Å². The number of ether oxygens (including phenoxy) is 2. The zero-order valence-electron chi connectivity index (χ0n) is 34.7. The molecule has 0 unspecified atom stereocenters. The Morgan fingerprint density at radius 1 is 0.564 bits per heavy atom. The Morgan fingerprint density at radius 2 is 1.04 bits per heavy atom. The molecule has 0 saturated carbocycles. The summed E-state index contributed by atoms with van der Waals surface area (Å²) in [6, 6.07) is 0. The lowest BCUT2D eigenvalue weighted by Crippen LogP contribution is -2.29. The topological polar surface area (TPSA) is 140 Å². The zero-order valence-corrected chi connectivity index (χ0v) is 35.6. The predicted molar refractivity (Wildman–Crippen MR) is 227 cm³/mol. The number of carbonyl (C=O) groups excluding carboxylic acids is 2. The second-order valence-corrected chi connectivity index (χ2v) is 15.8. The maximum atomic E-state index is 12.4. The van der Waals surface area contributed by atoms with E-state index in [9.17, 15) is 19.3 Å². The highest BCUT2D eigenvalue weighted by molar-refractivity contribution is 7.46. The van der Waals surface area contributed by atoms with Crippen LogP contribution in [0.15, 0.2) is 60.8 Å². The van der Waals surface area contributed by atoms with Gasteiger partial charge in [-0.25, -0.2) is 4.57 Å². The number of unbranched alkanes of at least 4 members (excludes halogenated alkanes) is 18. The van der Waals surface area contributed by atoms with E-state index in [4.69, 9.17) is 19.3 Å². The van der Waals surface area contributed by atoms with Crippen molar-refractivity contribution in [1.29, 1.82) is 0 Å². The van der Waals surface area contributed by atoms with Crippen molar-refractivity contribution in [3.63, 3.8) is 0 Å². The standard InChI is InChI=1S/C45H79O9P/c1-3-5-7-9-11-13-15-17-18-19-20-21-22-24-26-28-30-32-34-38-45(48)54-43(41-53-55(49,50)51)40-52-44(47)39-35-37-42(46)36-33-31-29-27-25-23-16-14-12-10-8-6-4-2/h12,14,17-18,23,25,29,31,33,36,42-43,46H,3-11,13,15-16,19-22,24,26-28,30,32,34-35,37-41H2,1-2H3,(H2,49,50,51)/b14-12-,18-17-,25-23-,31-29-,36-33+/t42-,43-/m1/s1. The number of phosphoric acid groups is 1. The maximum absolute atomic E-state index is 12.4. The lowest BCUT2D eigenvalue weighted by Gasteiger charge is -2.18. The average molecular weight is 795 g/mol. The van der Waals surface area contributed by atoms with Gasteiger partial charge in [-0.2, -0.15) is 0 Å². The van der Waals surface area contributed by atoms with E-state index in [0.29, 0.717) is 19.3 Å². The smallest absolute Gasteiger partial charge is 0.462 e. The highest BCUT2D eigenvalue weighted by Crippen LogP contribution is 2.36. The number of hydrogen-bond acceptors (Lipinski definition) is 7. The molecular weight excluding hydrogens is 715 g/mol. The molecule has 0 aliphatic heterocycles. The molecule has 9 nitrogen and oxygen atoms in total. The van der Waals surface area contributed by atoms with E-state index < -0.39 is 38.6 Å². The van der Waals surface area contributed by atoms with Gasteiger partial charge in [0.05, 0.1) is 12.7 Å². The van der Waals surface area contributed by atoms with Gasteiger partial charge in [0.1, 0.15) is 6.61 Å². The number of aliphatic hydroxyl groups excluding tert-OH is 1. The van der Waals surface area contributed by atoms with E-state index >= 15 is 0 Å². The summed E-state index contributed by atoms with van der Waals surface area (Å²) in [5.74, 6) is -1.09. The third-order valence-electron chi connectivity index (χ3n) is 9.11. The second kappa shape index (κ2) is 39.9. The van der Waals surface area contributed by atoms with Crippen LogP contribution in [0.2, 0.25) is 0 Å². The number of carbonyl (C=O) groups is 2. The SMILES string of the molecule is CCCCC/C=C\C/C=C\C/C=C\C=C\[C@@H](O)CCCC(=O)OC[C@H](COP(=O)(O)O)OC(=O)CCCCCCCCCCC/C=C\CCCCCCCC. The monoisotopic (exact) mass is 795 g/mol. The van der Waals surface area contributed by atoms with Crippen LogP contribution in [-0.4, -0.2) is 52.3 Å². The summed E-state index contributed by atoms with van der Waals surface area (Å²) in [6.45, 7) is 3.49. The molecule has 0 radical (unpaired) electrons. The van der Waals surface area contributed by atoms with Crippen LogP contribution < -0.4 is 0 Å². The fraction of sp³-hybridized carbons (Fsp3) is 0.733. The predicted octanol–water partition coefficient (Wildman–Crippen LogP) is 12.3. The molecule has 0 amide bonds. The first-order valence-electron chi connectivity index (χ1n) is 21.7. The Hall–Kier alpha value is -2.29. The second-order valence-electron chi connectivity index (χ2n) is 14.5. The van der Waals surface area contributed by atoms with Gasteiger partial charge in [0.15, 0.2) is 6.10 Å². The summed E-state index contributed by atoms with van der Waals surface area (Å²) in [7, 11) is -4.80. The normalized spacial score (nSPS) is 13.6. The third kappa shape index (κ3) is 42.7. The first-order valence-corrected chi connectivity index (χ1v) is 23.2. The third-order valence-corrected chi connectivity index (χ3v) is 9.60. The molecular formula is C45H79O9P. The molecule has 0 aromatic heterocycles. The molecule has 0 aliphatic rings. The van der Waals surface area contributed by atoms with Crippen LogP contribution in [0.3, 0.4) is 0 Å². The van der Waals surface area contributed by atoms with E-state index in [1.165, 1.54) is 103 Å². The number of aliphatic hydroxyl groups is 1. The van der Waals surface area contributed by atoms with Gasteiger partial charge in [0, 0.05) is 12.8 Å². The zero-order chi connectivity index (χ0) is 40.5. The van der Waals surface area contributed by atoms with Gasteiger partial charge in [-0.1, -0.05) is 164 Å². The highest BCUT2D eigenvalue weighted by atomic mass is 31.2. The Morgan fingerprint density at radius 3 is 1.64 bits per heavy atom. The van der Waals surface area contributed by atoms with Crippen molar-refractivity contribution in [3.05, 3.63) is 60.8 Å². The van der Waals surface area contributed by atoms with E-state index in [0.717, 1.165) is 38.5 Å². The molecule has 0 aliphatic carbocycles. The van der Waals surface area contributed by atoms with Crippen LogP contribution in [0.5, 0.6) is 0 Å². The van der Waals surface area contributed by atoms with Gasteiger partial charge >= 0.3 is 19.8 Å². The van der Waals surface area contributed by atoms with Crippen LogP contribution in [-0.2, 0) is 28.2 Å². The van der Waals surface area contributed by atoms with Crippen LogP contribution in [0.4, 0.5) is 0 Å². The molecule has 0 heterocycles. The highest BCUT2D eigenvalue weighted by Gasteiger charge is 2.23. The van der Waals surface area contributed by atoms with Crippen LogP contribution in [0.1, 0.15) is 187 Å². The number of hydrogen-bond donors (Lipinski definition) is 3. The Labute approximate surface area is 335 Å². The minimum absolute atomic E-state index is 0.0370. The molecule has 0 saturated heterocycles. The van der Waals surface area contributed by atoms with Crippen molar-refractivity contribution in [1.82, 2.24) is 0 Å². The summed E-state index contributed by atoms with van der Waals surface area (Å²) < 4.78 is 26.3. The van der Waals surface area contributed by atoms with Crippen LogP contribution >= 0.6 is 7.82 Å². The quantitative estimate of drug-likeness (QED) is 0.0182. The Balaban J connectivity index is 4.08. The minimum atomic E-state index is -4.80. The van der Waals surface area contributed by atoms with Crippen LogP contribution in [0.25, 0.3) is 0 Å². The van der Waals surface area contributed by atoms with Crippen molar-refractivity contribution in [2.45, 2.75) is 199 Å². The van der Waals surface area contributed by atoms with Gasteiger partial charge in [-0.15, -0.1) is 0 Å². The van der Waals surface area contributed by atoms with Gasteiger partial charge in [0.2, 0.25) is 0 Å². The summed E-state index contributed by atoms with van der Waals surface area (Å²) >= 11 is 0. The maximum Gasteiger partial charge on any atom is 0.469 e. The fourth-order valence-corrected chi connectivity index (χ4v) is 6.18. The van der Waals surface area contributed by atoms with E-state index in [2.05, 4.69) is 54.8 Å². The number of esters is 2. The first kappa shape index (κ1) is 52.7.